The first-order valence-corrected chi connectivity index (χ1v) is 7.90. The van der Waals surface area contributed by atoms with Crippen LogP contribution in [0.5, 0.6) is 0 Å². The average Bonchev–Trinajstić information content (AvgIpc) is 2.54. The predicted molar refractivity (Wildman–Crippen MR) is 85.9 cm³/mol. The van der Waals surface area contributed by atoms with E-state index in [0.717, 1.165) is 5.56 Å². The molecular weight excluding hydrogens is 309 g/mol. The fourth-order valence-electron chi connectivity index (χ4n) is 3.36. The van der Waals surface area contributed by atoms with Gasteiger partial charge < -0.3 is 10.2 Å². The number of aromatic nitrogens is 1. The lowest BCUT2D eigenvalue weighted by molar-refractivity contribution is -0.139. The van der Waals surface area contributed by atoms with E-state index in [9.17, 15) is 14.0 Å². The Kier molecular flexibility index (Phi) is 3.52. The Morgan fingerprint density at radius 1 is 1.29 bits per heavy atom. The standard InChI is InChI=1S/C18H16FN3O2/c19-13-3-4-16-14(6-13)15(7-17(23)21-16)18(24)22-9-12(10-22)11-2-1-5-20-8-11/h1-6,8,12,15H,7,9-10H2,(H,21,23). The van der Waals surface area contributed by atoms with Crippen LogP contribution in [-0.4, -0.2) is 34.8 Å². The summed E-state index contributed by atoms with van der Waals surface area (Å²) in [6, 6.07) is 8.02. The van der Waals surface area contributed by atoms with Crippen LogP contribution in [0.3, 0.4) is 0 Å². The summed E-state index contributed by atoms with van der Waals surface area (Å²) in [5.41, 5.74) is 2.19. The van der Waals surface area contributed by atoms with Gasteiger partial charge >= 0.3 is 0 Å². The van der Waals surface area contributed by atoms with Crippen LogP contribution in [0, 0.1) is 5.82 Å². The summed E-state index contributed by atoms with van der Waals surface area (Å²) in [4.78, 5) is 30.5. The molecule has 1 aromatic heterocycles. The highest BCUT2D eigenvalue weighted by atomic mass is 19.1. The van der Waals surface area contributed by atoms with Gasteiger partial charge in [-0.2, -0.15) is 0 Å². The van der Waals surface area contributed by atoms with Gasteiger partial charge in [0, 0.05) is 43.5 Å². The normalized spacial score (nSPS) is 20.1. The molecule has 1 unspecified atom stereocenters. The molecule has 0 radical (unpaired) electrons. The Morgan fingerprint density at radius 3 is 2.88 bits per heavy atom. The number of nitrogens with one attached hydrogen (secondary N) is 1. The summed E-state index contributed by atoms with van der Waals surface area (Å²) in [6.07, 6.45) is 3.59. The second-order valence-electron chi connectivity index (χ2n) is 6.26. The van der Waals surface area contributed by atoms with Gasteiger partial charge in [0.05, 0.1) is 5.92 Å². The van der Waals surface area contributed by atoms with E-state index in [-0.39, 0.29) is 24.2 Å². The van der Waals surface area contributed by atoms with Gasteiger partial charge in [0.2, 0.25) is 11.8 Å². The lowest BCUT2D eigenvalue weighted by Gasteiger charge is -2.42. The highest BCUT2D eigenvalue weighted by Gasteiger charge is 2.39. The molecule has 1 saturated heterocycles. The third kappa shape index (κ3) is 2.54. The summed E-state index contributed by atoms with van der Waals surface area (Å²) in [6.45, 7) is 1.21. The molecule has 6 heteroatoms. The van der Waals surface area contributed by atoms with Gasteiger partial charge in [-0.1, -0.05) is 6.07 Å². The van der Waals surface area contributed by atoms with Crippen LogP contribution in [0.2, 0.25) is 0 Å². The van der Waals surface area contributed by atoms with Crippen molar-refractivity contribution in [3.63, 3.8) is 0 Å². The van der Waals surface area contributed by atoms with Crippen molar-refractivity contribution in [3.8, 4) is 0 Å². The van der Waals surface area contributed by atoms with Crippen LogP contribution in [0.4, 0.5) is 10.1 Å². The summed E-state index contributed by atoms with van der Waals surface area (Å²) in [5.74, 6) is -1.07. The van der Waals surface area contributed by atoms with Crippen molar-refractivity contribution in [2.45, 2.75) is 18.3 Å². The van der Waals surface area contributed by atoms with Crippen molar-refractivity contribution >= 4 is 17.5 Å². The Bertz CT molecular complexity index is 803. The van der Waals surface area contributed by atoms with Gasteiger partial charge in [0.1, 0.15) is 5.82 Å². The molecule has 1 fully saturated rings. The molecular formula is C18H16FN3O2. The summed E-state index contributed by atoms with van der Waals surface area (Å²) in [7, 11) is 0. The van der Waals surface area contributed by atoms with Crippen LogP contribution >= 0.6 is 0 Å². The predicted octanol–water partition coefficient (Wildman–Crippen LogP) is 2.27. The molecule has 0 bridgehead atoms. The van der Waals surface area contributed by atoms with Crippen molar-refractivity contribution < 1.29 is 14.0 Å². The zero-order valence-corrected chi connectivity index (χ0v) is 12.9. The fourth-order valence-corrected chi connectivity index (χ4v) is 3.36. The number of hydrogen-bond acceptors (Lipinski definition) is 3. The number of carbonyl (C=O) groups is 2. The highest BCUT2D eigenvalue weighted by Crippen LogP contribution is 2.37. The average molecular weight is 325 g/mol. The highest BCUT2D eigenvalue weighted by molar-refractivity contribution is 6.01. The minimum absolute atomic E-state index is 0.0589. The van der Waals surface area contributed by atoms with Crippen LogP contribution in [0.1, 0.15) is 29.4 Å². The maximum atomic E-state index is 13.6. The van der Waals surface area contributed by atoms with Crippen molar-refractivity contribution in [2.24, 2.45) is 0 Å². The quantitative estimate of drug-likeness (QED) is 0.921. The molecule has 1 aromatic carbocycles. The van der Waals surface area contributed by atoms with Gasteiger partial charge in [-0.05, 0) is 35.4 Å². The molecule has 2 aliphatic rings. The Balaban J connectivity index is 1.52. The number of rotatable bonds is 2. The first-order valence-electron chi connectivity index (χ1n) is 7.90. The molecule has 3 heterocycles. The number of anilines is 1. The number of nitrogens with zero attached hydrogens (tertiary/aromatic N) is 2. The number of likely N-dealkylation sites (tertiary alicyclic amines) is 1. The molecule has 122 valence electrons. The number of carbonyl (C=O) groups excluding carboxylic acids is 2. The molecule has 1 atom stereocenters. The van der Waals surface area contributed by atoms with Crippen molar-refractivity contribution in [3.05, 3.63) is 59.7 Å². The maximum absolute atomic E-state index is 13.6. The molecule has 2 aliphatic heterocycles. The fraction of sp³-hybridized carbons (Fsp3) is 0.278. The number of pyridine rings is 1. The SMILES string of the molecule is O=C1CC(C(=O)N2CC(c3cccnc3)C2)c2cc(F)ccc2N1. The molecule has 0 saturated carbocycles. The maximum Gasteiger partial charge on any atom is 0.230 e. The van der Waals surface area contributed by atoms with Gasteiger partial charge in [0.25, 0.3) is 0 Å². The lowest BCUT2D eigenvalue weighted by Crippen LogP contribution is -2.51. The Labute approximate surface area is 138 Å². The smallest absolute Gasteiger partial charge is 0.230 e. The molecule has 2 aromatic rings. The van der Waals surface area contributed by atoms with Gasteiger partial charge in [-0.25, -0.2) is 4.39 Å². The first kappa shape index (κ1) is 14.8. The first-order chi connectivity index (χ1) is 11.6. The molecule has 4 rings (SSSR count). The van der Waals surface area contributed by atoms with Gasteiger partial charge in [-0.3, -0.25) is 14.6 Å². The van der Waals surface area contributed by atoms with Gasteiger partial charge in [-0.15, -0.1) is 0 Å². The lowest BCUT2D eigenvalue weighted by atomic mass is 9.86. The zero-order valence-electron chi connectivity index (χ0n) is 12.9. The topological polar surface area (TPSA) is 62.3 Å². The van der Waals surface area contributed by atoms with Crippen LogP contribution in [-0.2, 0) is 9.59 Å². The third-order valence-corrected chi connectivity index (χ3v) is 4.70. The van der Waals surface area contributed by atoms with Crippen molar-refractivity contribution in [1.82, 2.24) is 9.88 Å². The van der Waals surface area contributed by atoms with E-state index in [2.05, 4.69) is 10.3 Å². The monoisotopic (exact) mass is 325 g/mol. The Hall–Kier alpha value is -2.76. The third-order valence-electron chi connectivity index (χ3n) is 4.70. The second-order valence-corrected chi connectivity index (χ2v) is 6.26. The van der Waals surface area contributed by atoms with E-state index >= 15 is 0 Å². The minimum atomic E-state index is -0.612. The van der Waals surface area contributed by atoms with Crippen molar-refractivity contribution in [1.29, 1.82) is 0 Å². The zero-order chi connectivity index (χ0) is 16.7. The van der Waals surface area contributed by atoms with E-state index in [1.165, 1.54) is 18.2 Å². The number of benzene rings is 1. The van der Waals surface area contributed by atoms with Gasteiger partial charge in [0.15, 0.2) is 0 Å². The minimum Gasteiger partial charge on any atom is -0.341 e. The largest absolute Gasteiger partial charge is 0.341 e. The molecule has 0 aliphatic carbocycles. The number of halogens is 1. The van der Waals surface area contributed by atoms with E-state index in [0.29, 0.717) is 24.3 Å². The van der Waals surface area contributed by atoms with E-state index in [1.54, 1.807) is 11.1 Å². The summed E-state index contributed by atoms with van der Waals surface area (Å²) < 4.78 is 13.6. The second kappa shape index (κ2) is 5.70. The van der Waals surface area contributed by atoms with Crippen LogP contribution in [0.25, 0.3) is 0 Å². The van der Waals surface area contributed by atoms with E-state index in [1.807, 2.05) is 18.3 Å². The van der Waals surface area contributed by atoms with E-state index in [4.69, 9.17) is 0 Å². The molecule has 5 nitrogen and oxygen atoms in total. The molecule has 0 spiro atoms. The van der Waals surface area contributed by atoms with E-state index < -0.39 is 11.7 Å². The van der Waals surface area contributed by atoms with Crippen LogP contribution < -0.4 is 5.32 Å². The molecule has 24 heavy (non-hydrogen) atoms. The summed E-state index contributed by atoms with van der Waals surface area (Å²) >= 11 is 0. The Morgan fingerprint density at radius 2 is 2.12 bits per heavy atom. The number of hydrogen-bond donors (Lipinski definition) is 1. The molecule has 2 amide bonds. The van der Waals surface area contributed by atoms with Crippen molar-refractivity contribution in [2.75, 3.05) is 18.4 Å². The molecule has 1 N–H and O–H groups in total. The number of fused-ring (bicyclic) bond motifs is 1. The number of amides is 2. The van der Waals surface area contributed by atoms with Crippen LogP contribution in [0.15, 0.2) is 42.7 Å². The summed E-state index contributed by atoms with van der Waals surface area (Å²) in [5, 5.41) is 2.70.